The third-order valence-corrected chi connectivity index (χ3v) is 5.52. The van der Waals surface area contributed by atoms with Crippen LogP contribution in [0, 0.1) is 0 Å². The number of hydrogen-bond acceptors (Lipinski definition) is 7. The van der Waals surface area contributed by atoms with Crippen molar-refractivity contribution in [2.45, 2.75) is 26.2 Å². The van der Waals surface area contributed by atoms with E-state index in [1.807, 2.05) is 0 Å². The zero-order chi connectivity index (χ0) is 20.1. The average Bonchev–Trinajstić information content (AvgIpc) is 3.27. The van der Waals surface area contributed by atoms with Crippen molar-refractivity contribution < 1.29 is 28.6 Å². The number of amides is 1. The van der Waals surface area contributed by atoms with Gasteiger partial charge in [-0.05, 0) is 56.0 Å². The molecule has 0 fully saturated rings. The fourth-order valence-corrected chi connectivity index (χ4v) is 4.31. The van der Waals surface area contributed by atoms with Crippen LogP contribution in [0.2, 0.25) is 0 Å². The fraction of sp³-hybridized carbons (Fsp3) is 0.350. The van der Waals surface area contributed by atoms with E-state index >= 15 is 0 Å². The molecule has 1 aromatic carbocycles. The largest absolute Gasteiger partial charge is 0.497 e. The number of nitrogens with one attached hydrogen (secondary N) is 1. The first-order valence-electron chi connectivity index (χ1n) is 8.96. The lowest BCUT2D eigenvalue weighted by Crippen LogP contribution is -2.22. The summed E-state index contributed by atoms with van der Waals surface area (Å²) in [6.45, 7) is 1.55. The molecular formula is C20H21NO6S. The number of rotatable bonds is 7. The van der Waals surface area contributed by atoms with E-state index < -0.39 is 24.5 Å². The molecule has 2 aromatic rings. The lowest BCUT2D eigenvalue weighted by atomic mass is 10.1. The summed E-state index contributed by atoms with van der Waals surface area (Å²) in [6, 6.07) is 6.38. The van der Waals surface area contributed by atoms with Gasteiger partial charge in [0.25, 0.3) is 5.91 Å². The van der Waals surface area contributed by atoms with Gasteiger partial charge in [0.05, 0.1) is 24.8 Å². The summed E-state index contributed by atoms with van der Waals surface area (Å²) < 4.78 is 15.2. The maximum atomic E-state index is 12.3. The quantitative estimate of drug-likeness (QED) is 0.714. The van der Waals surface area contributed by atoms with Crippen LogP contribution in [0.3, 0.4) is 0 Å². The molecule has 0 bridgehead atoms. The van der Waals surface area contributed by atoms with Gasteiger partial charge in [0.1, 0.15) is 10.8 Å². The summed E-state index contributed by atoms with van der Waals surface area (Å²) >= 11 is 1.38. The minimum Gasteiger partial charge on any atom is -0.497 e. The Balaban J connectivity index is 1.63. The number of fused-ring (bicyclic) bond motifs is 1. The normalized spacial score (nSPS) is 12.2. The van der Waals surface area contributed by atoms with E-state index in [2.05, 4.69) is 5.32 Å². The minimum absolute atomic E-state index is 0.260. The van der Waals surface area contributed by atoms with Crippen molar-refractivity contribution >= 4 is 34.2 Å². The average molecular weight is 403 g/mol. The summed E-state index contributed by atoms with van der Waals surface area (Å²) in [6.07, 6.45) is 2.66. The topological polar surface area (TPSA) is 90.9 Å². The maximum Gasteiger partial charge on any atom is 0.341 e. The zero-order valence-corrected chi connectivity index (χ0v) is 16.5. The summed E-state index contributed by atoms with van der Waals surface area (Å²) in [7, 11) is 1.53. The van der Waals surface area contributed by atoms with Gasteiger partial charge in [0, 0.05) is 4.88 Å². The van der Waals surface area contributed by atoms with Crippen molar-refractivity contribution in [3.05, 3.63) is 45.8 Å². The smallest absolute Gasteiger partial charge is 0.341 e. The molecule has 0 saturated heterocycles. The molecule has 7 nitrogen and oxygen atoms in total. The number of hydrogen-bond donors (Lipinski definition) is 1. The molecule has 1 aliphatic carbocycles. The van der Waals surface area contributed by atoms with Gasteiger partial charge in [0.15, 0.2) is 6.61 Å². The monoisotopic (exact) mass is 403 g/mol. The highest BCUT2D eigenvalue weighted by Gasteiger charge is 2.28. The lowest BCUT2D eigenvalue weighted by molar-refractivity contribution is -0.119. The van der Waals surface area contributed by atoms with E-state index in [0.717, 1.165) is 29.7 Å². The molecule has 28 heavy (non-hydrogen) atoms. The van der Waals surface area contributed by atoms with Gasteiger partial charge in [-0.15, -0.1) is 11.3 Å². The van der Waals surface area contributed by atoms with Crippen molar-refractivity contribution in [1.29, 1.82) is 0 Å². The molecule has 0 unspecified atom stereocenters. The predicted octanol–water partition coefficient (Wildman–Crippen LogP) is 3.22. The van der Waals surface area contributed by atoms with Crippen LogP contribution in [0.15, 0.2) is 24.3 Å². The lowest BCUT2D eigenvalue weighted by Gasteiger charge is -2.09. The molecule has 0 radical (unpaired) electrons. The number of benzene rings is 1. The SMILES string of the molecule is CCOC(=O)c1c(NC(=O)COC(=O)c2ccc(OC)cc2)sc2c1CCC2. The van der Waals surface area contributed by atoms with Gasteiger partial charge < -0.3 is 19.5 Å². The van der Waals surface area contributed by atoms with E-state index in [1.165, 1.54) is 18.4 Å². The molecule has 148 valence electrons. The van der Waals surface area contributed by atoms with Crippen LogP contribution >= 0.6 is 11.3 Å². The molecular weight excluding hydrogens is 382 g/mol. The van der Waals surface area contributed by atoms with Gasteiger partial charge in [0.2, 0.25) is 0 Å². The second-order valence-electron chi connectivity index (χ2n) is 6.13. The van der Waals surface area contributed by atoms with Crippen molar-refractivity contribution in [3.8, 4) is 5.75 Å². The highest BCUT2D eigenvalue weighted by Crippen LogP contribution is 2.39. The Bertz CT molecular complexity index is 887. The molecule has 0 spiro atoms. The number of aryl methyl sites for hydroxylation is 1. The molecule has 0 aliphatic heterocycles. The highest BCUT2D eigenvalue weighted by molar-refractivity contribution is 7.17. The Kier molecular flexibility index (Phi) is 6.30. The van der Waals surface area contributed by atoms with E-state index in [0.29, 0.717) is 21.9 Å². The second-order valence-corrected chi connectivity index (χ2v) is 7.24. The number of esters is 2. The molecule has 1 aliphatic rings. The molecule has 1 heterocycles. The van der Waals surface area contributed by atoms with Gasteiger partial charge >= 0.3 is 11.9 Å². The number of anilines is 1. The number of ether oxygens (including phenoxy) is 3. The first-order chi connectivity index (χ1) is 13.5. The Morgan fingerprint density at radius 1 is 1.07 bits per heavy atom. The maximum absolute atomic E-state index is 12.3. The fourth-order valence-electron chi connectivity index (χ4n) is 3.02. The van der Waals surface area contributed by atoms with E-state index in [-0.39, 0.29) is 6.61 Å². The van der Waals surface area contributed by atoms with E-state index in [4.69, 9.17) is 14.2 Å². The standard InChI is InChI=1S/C20H21NO6S/c1-3-26-20(24)17-14-5-4-6-15(14)28-18(17)21-16(22)11-27-19(23)12-7-9-13(25-2)10-8-12/h7-10H,3-6,11H2,1-2H3,(H,21,22). The Hall–Kier alpha value is -2.87. The summed E-state index contributed by atoms with van der Waals surface area (Å²) in [5.74, 6) is -0.941. The summed E-state index contributed by atoms with van der Waals surface area (Å²) in [5.41, 5.74) is 1.69. The van der Waals surface area contributed by atoms with Crippen molar-refractivity contribution in [2.75, 3.05) is 25.6 Å². The summed E-state index contributed by atoms with van der Waals surface area (Å²) in [4.78, 5) is 37.7. The molecule has 1 N–H and O–H groups in total. The van der Waals surface area contributed by atoms with Gasteiger partial charge in [-0.2, -0.15) is 0 Å². The first-order valence-corrected chi connectivity index (χ1v) is 9.77. The third-order valence-electron chi connectivity index (χ3n) is 4.31. The van der Waals surface area contributed by atoms with Crippen LogP contribution in [0.1, 0.15) is 44.5 Å². The predicted molar refractivity (Wildman–Crippen MR) is 104 cm³/mol. The molecule has 8 heteroatoms. The van der Waals surface area contributed by atoms with E-state index in [9.17, 15) is 14.4 Å². The van der Waals surface area contributed by atoms with Crippen molar-refractivity contribution in [3.63, 3.8) is 0 Å². The molecule has 1 aromatic heterocycles. The Morgan fingerprint density at radius 2 is 1.82 bits per heavy atom. The van der Waals surface area contributed by atoms with Gasteiger partial charge in [-0.1, -0.05) is 0 Å². The minimum atomic E-state index is -0.614. The third kappa shape index (κ3) is 4.33. The van der Waals surface area contributed by atoms with Crippen LogP contribution in [0.4, 0.5) is 5.00 Å². The zero-order valence-electron chi connectivity index (χ0n) is 15.7. The van der Waals surface area contributed by atoms with Gasteiger partial charge in [-0.25, -0.2) is 9.59 Å². The molecule has 1 amide bonds. The van der Waals surface area contributed by atoms with Crippen LogP contribution < -0.4 is 10.1 Å². The first kappa shape index (κ1) is 19.9. The van der Waals surface area contributed by atoms with Crippen LogP contribution in [-0.2, 0) is 27.1 Å². The summed E-state index contributed by atoms with van der Waals surface area (Å²) in [5, 5.41) is 3.14. The molecule has 0 saturated carbocycles. The highest BCUT2D eigenvalue weighted by atomic mass is 32.1. The number of carbonyl (C=O) groups is 3. The Labute approximate surface area is 166 Å². The van der Waals surface area contributed by atoms with Crippen LogP contribution in [-0.4, -0.2) is 38.2 Å². The number of carbonyl (C=O) groups excluding carboxylic acids is 3. The van der Waals surface area contributed by atoms with Crippen LogP contribution in [0.5, 0.6) is 5.75 Å². The number of thiophene rings is 1. The van der Waals surface area contributed by atoms with Crippen LogP contribution in [0.25, 0.3) is 0 Å². The molecule has 3 rings (SSSR count). The van der Waals surface area contributed by atoms with E-state index in [1.54, 1.807) is 31.2 Å². The Morgan fingerprint density at radius 3 is 2.50 bits per heavy atom. The molecule has 0 atom stereocenters. The van der Waals surface area contributed by atoms with Crippen molar-refractivity contribution in [2.24, 2.45) is 0 Å². The second kappa shape index (κ2) is 8.88. The van der Waals surface area contributed by atoms with Crippen molar-refractivity contribution in [1.82, 2.24) is 0 Å². The number of methoxy groups -OCH3 is 1. The van der Waals surface area contributed by atoms with Gasteiger partial charge in [-0.3, -0.25) is 4.79 Å².